The van der Waals surface area contributed by atoms with E-state index in [2.05, 4.69) is 10.2 Å². The number of primary amides is 1. The van der Waals surface area contributed by atoms with Gasteiger partial charge < -0.3 is 5.73 Å². The summed E-state index contributed by atoms with van der Waals surface area (Å²) in [7, 11) is 0. The van der Waals surface area contributed by atoms with Crippen molar-refractivity contribution in [2.24, 2.45) is 5.73 Å². The van der Waals surface area contributed by atoms with Gasteiger partial charge in [-0.25, -0.2) is 4.79 Å². The number of nitrogens with two attached hydrogens (primary N) is 1. The van der Waals surface area contributed by atoms with Crippen LogP contribution in [-0.2, 0) is 12.8 Å². The van der Waals surface area contributed by atoms with E-state index in [0.717, 1.165) is 41.9 Å². The average molecular weight is 166 g/mol. The molecule has 0 radical (unpaired) electrons. The third-order valence-corrected chi connectivity index (χ3v) is 2.04. The zero-order valence-electron chi connectivity index (χ0n) is 6.66. The molecule has 5 nitrogen and oxygen atoms in total. The number of rotatable bonds is 0. The molecule has 0 atom stereocenters. The third-order valence-electron chi connectivity index (χ3n) is 2.04. The van der Waals surface area contributed by atoms with Gasteiger partial charge in [0.25, 0.3) is 0 Å². The summed E-state index contributed by atoms with van der Waals surface area (Å²) >= 11 is 0. The van der Waals surface area contributed by atoms with Gasteiger partial charge in [0.2, 0.25) is 0 Å². The van der Waals surface area contributed by atoms with Gasteiger partial charge in [0, 0.05) is 0 Å². The highest BCUT2D eigenvalue weighted by Gasteiger charge is 2.16. The molecular formula is C7H10N4O. The molecule has 1 aliphatic carbocycles. The lowest BCUT2D eigenvalue weighted by Crippen LogP contribution is -2.22. The van der Waals surface area contributed by atoms with Crippen molar-refractivity contribution in [1.82, 2.24) is 15.0 Å². The number of hydrogen-bond acceptors (Lipinski definition) is 3. The van der Waals surface area contributed by atoms with Crippen LogP contribution in [0.3, 0.4) is 0 Å². The molecule has 0 saturated heterocycles. The molecular weight excluding hydrogens is 156 g/mol. The van der Waals surface area contributed by atoms with E-state index in [9.17, 15) is 4.79 Å². The zero-order chi connectivity index (χ0) is 8.55. The van der Waals surface area contributed by atoms with Crippen molar-refractivity contribution in [3.05, 3.63) is 11.4 Å². The zero-order valence-corrected chi connectivity index (χ0v) is 6.66. The van der Waals surface area contributed by atoms with E-state index < -0.39 is 6.03 Å². The maximum Gasteiger partial charge on any atom is 0.356 e. The molecule has 2 N–H and O–H groups in total. The summed E-state index contributed by atoms with van der Waals surface area (Å²) < 4.78 is 0. The van der Waals surface area contributed by atoms with Crippen LogP contribution in [0.1, 0.15) is 24.2 Å². The van der Waals surface area contributed by atoms with Crippen LogP contribution >= 0.6 is 0 Å². The molecule has 64 valence electrons. The number of fused-ring (bicyclic) bond motifs is 1. The minimum atomic E-state index is -0.607. The van der Waals surface area contributed by atoms with Crippen molar-refractivity contribution in [3.8, 4) is 0 Å². The number of nitrogens with zero attached hydrogens (tertiary/aromatic N) is 3. The van der Waals surface area contributed by atoms with Crippen molar-refractivity contribution in [2.75, 3.05) is 0 Å². The van der Waals surface area contributed by atoms with Crippen molar-refractivity contribution in [2.45, 2.75) is 25.7 Å². The van der Waals surface area contributed by atoms with Crippen molar-refractivity contribution in [3.63, 3.8) is 0 Å². The Kier molecular flexibility index (Phi) is 1.56. The van der Waals surface area contributed by atoms with Crippen LogP contribution in [0.5, 0.6) is 0 Å². The van der Waals surface area contributed by atoms with Gasteiger partial charge in [0.05, 0.1) is 11.4 Å². The normalized spacial score (nSPS) is 15.7. The predicted octanol–water partition coefficient (Wildman–Crippen LogP) is 0.0837. The van der Waals surface area contributed by atoms with Crippen molar-refractivity contribution >= 4 is 6.03 Å². The molecule has 0 aromatic carbocycles. The van der Waals surface area contributed by atoms with E-state index >= 15 is 0 Å². The summed E-state index contributed by atoms with van der Waals surface area (Å²) in [5.74, 6) is 0. The quantitative estimate of drug-likeness (QED) is 0.593. The summed E-state index contributed by atoms with van der Waals surface area (Å²) in [5.41, 5.74) is 6.89. The lowest BCUT2D eigenvalue weighted by Gasteiger charge is -2.04. The first-order valence-electron chi connectivity index (χ1n) is 4.02. The molecule has 2 rings (SSSR count). The first-order valence-corrected chi connectivity index (χ1v) is 4.02. The highest BCUT2D eigenvalue weighted by molar-refractivity contribution is 5.72. The number of carbonyl (C=O) groups excluding carboxylic acids is 1. The molecule has 0 aliphatic heterocycles. The number of amides is 1. The smallest absolute Gasteiger partial charge is 0.348 e. The maximum atomic E-state index is 10.7. The van der Waals surface area contributed by atoms with Crippen molar-refractivity contribution in [1.29, 1.82) is 0 Å². The molecule has 1 aromatic rings. The Labute approximate surface area is 69.5 Å². The van der Waals surface area contributed by atoms with Crippen LogP contribution in [0.15, 0.2) is 0 Å². The Hall–Kier alpha value is -1.39. The van der Waals surface area contributed by atoms with E-state index in [4.69, 9.17) is 5.73 Å². The molecule has 0 spiro atoms. The van der Waals surface area contributed by atoms with E-state index in [1.54, 1.807) is 0 Å². The van der Waals surface area contributed by atoms with E-state index in [0.29, 0.717) is 0 Å². The Morgan fingerprint density at radius 1 is 1.25 bits per heavy atom. The van der Waals surface area contributed by atoms with Gasteiger partial charge in [-0.2, -0.15) is 0 Å². The van der Waals surface area contributed by atoms with Gasteiger partial charge in [-0.3, -0.25) is 0 Å². The van der Waals surface area contributed by atoms with Crippen LogP contribution in [0.25, 0.3) is 0 Å². The van der Waals surface area contributed by atoms with Crippen molar-refractivity contribution < 1.29 is 4.79 Å². The van der Waals surface area contributed by atoms with Crippen LogP contribution < -0.4 is 5.73 Å². The third kappa shape index (κ3) is 1.07. The van der Waals surface area contributed by atoms with Gasteiger partial charge >= 0.3 is 6.03 Å². The number of carbonyl (C=O) groups is 1. The van der Waals surface area contributed by atoms with Gasteiger partial charge in [0.15, 0.2) is 0 Å². The first kappa shape index (κ1) is 7.27. The second kappa shape index (κ2) is 2.58. The van der Waals surface area contributed by atoms with Gasteiger partial charge in [-0.15, -0.1) is 10.2 Å². The second-order valence-corrected chi connectivity index (χ2v) is 2.93. The molecule has 0 saturated carbocycles. The minimum Gasteiger partial charge on any atom is -0.348 e. The molecule has 12 heavy (non-hydrogen) atoms. The molecule has 0 bridgehead atoms. The van der Waals surface area contributed by atoms with Crippen LogP contribution in [-0.4, -0.2) is 21.0 Å². The fourth-order valence-corrected chi connectivity index (χ4v) is 1.44. The van der Waals surface area contributed by atoms with E-state index in [-0.39, 0.29) is 0 Å². The molecule has 1 aromatic heterocycles. The fourth-order valence-electron chi connectivity index (χ4n) is 1.44. The van der Waals surface area contributed by atoms with Crippen LogP contribution in [0, 0.1) is 0 Å². The number of hydrogen-bond donors (Lipinski definition) is 1. The summed E-state index contributed by atoms with van der Waals surface area (Å²) in [6.45, 7) is 0. The second-order valence-electron chi connectivity index (χ2n) is 2.93. The molecule has 1 aliphatic rings. The first-order chi connectivity index (χ1) is 5.77. The van der Waals surface area contributed by atoms with Gasteiger partial charge in [0.1, 0.15) is 0 Å². The summed E-state index contributed by atoms with van der Waals surface area (Å²) in [6, 6.07) is -0.607. The van der Waals surface area contributed by atoms with Crippen LogP contribution in [0.2, 0.25) is 0 Å². The monoisotopic (exact) mass is 166 g/mol. The molecule has 0 unspecified atom stereocenters. The number of aryl methyl sites for hydroxylation is 2. The molecule has 5 heteroatoms. The van der Waals surface area contributed by atoms with E-state index in [1.165, 1.54) is 0 Å². The Bertz CT molecular complexity index is 294. The predicted molar refractivity (Wildman–Crippen MR) is 41.6 cm³/mol. The molecule has 1 heterocycles. The minimum absolute atomic E-state index is 0.607. The maximum absolute atomic E-state index is 10.7. The molecule has 1 amide bonds. The Morgan fingerprint density at radius 2 is 1.75 bits per heavy atom. The summed E-state index contributed by atoms with van der Waals surface area (Å²) in [4.78, 5) is 11.7. The highest BCUT2D eigenvalue weighted by atomic mass is 16.2. The fraction of sp³-hybridized carbons (Fsp3) is 0.571. The van der Waals surface area contributed by atoms with E-state index in [1.807, 2.05) is 0 Å². The standard InChI is InChI=1S/C7H10N4O/c8-7(12)11-9-5-3-1-2-4-6(5)10-11/h1-4H2,(H2,8,12). The van der Waals surface area contributed by atoms with Crippen LogP contribution in [0.4, 0.5) is 4.79 Å². The lowest BCUT2D eigenvalue weighted by molar-refractivity contribution is 0.244. The SMILES string of the molecule is NC(=O)n1nc2c(n1)CCCC2. The largest absolute Gasteiger partial charge is 0.356 e. The van der Waals surface area contributed by atoms with Gasteiger partial charge in [-0.1, -0.05) is 4.80 Å². The molecule has 0 fully saturated rings. The summed E-state index contributed by atoms with van der Waals surface area (Å²) in [5, 5.41) is 7.96. The van der Waals surface area contributed by atoms with Gasteiger partial charge in [-0.05, 0) is 25.7 Å². The average Bonchev–Trinajstić information content (AvgIpc) is 2.46. The highest BCUT2D eigenvalue weighted by Crippen LogP contribution is 2.16. The Balaban J connectivity index is 2.38. The lowest BCUT2D eigenvalue weighted by atomic mass is 10.0. The topological polar surface area (TPSA) is 73.8 Å². The Morgan fingerprint density at radius 3 is 2.17 bits per heavy atom. The number of aromatic nitrogens is 3. The summed E-state index contributed by atoms with van der Waals surface area (Å²) in [6.07, 6.45) is 4.10.